The third-order valence-electron chi connectivity index (χ3n) is 3.51. The van der Waals surface area contributed by atoms with Crippen molar-refractivity contribution >= 4 is 41.7 Å². The zero-order valence-electron chi connectivity index (χ0n) is 14.6. The third-order valence-corrected chi connectivity index (χ3v) is 4.50. The first-order valence-electron chi connectivity index (χ1n) is 7.98. The van der Waals surface area contributed by atoms with Crippen LogP contribution in [0.5, 0.6) is 0 Å². The van der Waals surface area contributed by atoms with Gasteiger partial charge < -0.3 is 14.8 Å². The molecule has 0 aliphatic rings. The van der Waals surface area contributed by atoms with Gasteiger partial charge in [0.15, 0.2) is 5.96 Å². The van der Waals surface area contributed by atoms with Crippen LogP contribution < -0.4 is 5.32 Å². The van der Waals surface area contributed by atoms with Gasteiger partial charge in [-0.3, -0.25) is 4.99 Å². The van der Waals surface area contributed by atoms with E-state index in [-0.39, 0.29) is 24.0 Å². The largest absolute Gasteiger partial charge is 0.357 e. The molecule has 0 atom stereocenters. The summed E-state index contributed by atoms with van der Waals surface area (Å²) in [5, 5.41) is 3.37. The number of guanidine groups is 1. The van der Waals surface area contributed by atoms with E-state index in [0.717, 1.165) is 31.3 Å². The van der Waals surface area contributed by atoms with Gasteiger partial charge in [-0.25, -0.2) is 0 Å². The van der Waals surface area contributed by atoms with E-state index in [4.69, 9.17) is 4.99 Å². The molecule has 2 rings (SSSR count). The number of aromatic nitrogens is 1. The first-order chi connectivity index (χ1) is 11.2. The van der Waals surface area contributed by atoms with E-state index < -0.39 is 0 Å². The SMILES string of the molecule is CCNC(=NCCSc1ccccc1)N(C)Cc1cccn1C.I. The van der Waals surface area contributed by atoms with Crippen molar-refractivity contribution in [1.82, 2.24) is 14.8 Å². The molecular formula is C18H27IN4S. The predicted molar refractivity (Wildman–Crippen MR) is 115 cm³/mol. The van der Waals surface area contributed by atoms with Gasteiger partial charge in [-0.05, 0) is 31.2 Å². The highest BCUT2D eigenvalue weighted by Crippen LogP contribution is 2.16. The predicted octanol–water partition coefficient (Wildman–Crippen LogP) is 3.83. The van der Waals surface area contributed by atoms with Crippen LogP contribution in [0.4, 0.5) is 0 Å². The molecule has 0 aliphatic heterocycles. The Morgan fingerprint density at radius 2 is 1.96 bits per heavy atom. The minimum absolute atomic E-state index is 0. The summed E-state index contributed by atoms with van der Waals surface area (Å²) in [7, 11) is 4.16. The highest BCUT2D eigenvalue weighted by Gasteiger charge is 2.07. The molecule has 0 amide bonds. The van der Waals surface area contributed by atoms with Crippen LogP contribution in [0.25, 0.3) is 0 Å². The van der Waals surface area contributed by atoms with E-state index in [0.29, 0.717) is 0 Å². The summed E-state index contributed by atoms with van der Waals surface area (Å²) in [6.45, 7) is 4.63. The van der Waals surface area contributed by atoms with Crippen molar-refractivity contribution in [2.45, 2.75) is 18.4 Å². The van der Waals surface area contributed by atoms with Crippen LogP contribution in [0.15, 0.2) is 58.5 Å². The van der Waals surface area contributed by atoms with Gasteiger partial charge in [0, 0.05) is 43.2 Å². The van der Waals surface area contributed by atoms with Gasteiger partial charge in [0.2, 0.25) is 0 Å². The number of nitrogens with zero attached hydrogens (tertiary/aromatic N) is 3. The van der Waals surface area contributed by atoms with Crippen LogP contribution in [-0.2, 0) is 13.6 Å². The smallest absolute Gasteiger partial charge is 0.194 e. The summed E-state index contributed by atoms with van der Waals surface area (Å²) in [6.07, 6.45) is 2.07. The first kappa shape index (κ1) is 20.9. The molecule has 0 aliphatic carbocycles. The Balaban J connectivity index is 0.00000288. The Labute approximate surface area is 166 Å². The van der Waals surface area contributed by atoms with Crippen LogP contribution in [-0.4, -0.2) is 41.3 Å². The maximum Gasteiger partial charge on any atom is 0.194 e. The van der Waals surface area contributed by atoms with Crippen LogP contribution >= 0.6 is 35.7 Å². The summed E-state index contributed by atoms with van der Waals surface area (Å²) >= 11 is 1.84. The van der Waals surface area contributed by atoms with Crippen molar-refractivity contribution in [3.63, 3.8) is 0 Å². The quantitative estimate of drug-likeness (QED) is 0.225. The highest BCUT2D eigenvalue weighted by molar-refractivity contribution is 14.0. The van der Waals surface area contributed by atoms with Gasteiger partial charge >= 0.3 is 0 Å². The Kier molecular flexibility index (Phi) is 9.94. The zero-order chi connectivity index (χ0) is 16.5. The number of hydrogen-bond donors (Lipinski definition) is 1. The molecular weight excluding hydrogens is 431 g/mol. The molecule has 1 aromatic carbocycles. The Morgan fingerprint density at radius 3 is 2.58 bits per heavy atom. The Morgan fingerprint density at radius 1 is 1.21 bits per heavy atom. The molecule has 0 unspecified atom stereocenters. The summed E-state index contributed by atoms with van der Waals surface area (Å²) in [5.74, 6) is 1.94. The second-order valence-corrected chi connectivity index (χ2v) is 6.53. The van der Waals surface area contributed by atoms with Crippen molar-refractivity contribution in [3.05, 3.63) is 54.4 Å². The number of halogens is 1. The van der Waals surface area contributed by atoms with E-state index >= 15 is 0 Å². The molecule has 6 heteroatoms. The average molecular weight is 458 g/mol. The molecule has 1 N–H and O–H groups in total. The average Bonchev–Trinajstić information content (AvgIpc) is 2.96. The maximum atomic E-state index is 4.74. The highest BCUT2D eigenvalue weighted by atomic mass is 127. The van der Waals surface area contributed by atoms with Crippen molar-refractivity contribution in [3.8, 4) is 0 Å². The lowest BCUT2D eigenvalue weighted by Crippen LogP contribution is -2.39. The minimum atomic E-state index is 0. The molecule has 0 spiro atoms. The fraction of sp³-hybridized carbons (Fsp3) is 0.389. The van der Waals surface area contributed by atoms with Gasteiger partial charge in [-0.15, -0.1) is 35.7 Å². The van der Waals surface area contributed by atoms with Crippen molar-refractivity contribution < 1.29 is 0 Å². The van der Waals surface area contributed by atoms with Gasteiger partial charge in [-0.2, -0.15) is 0 Å². The normalized spacial score (nSPS) is 11.0. The summed E-state index contributed by atoms with van der Waals surface area (Å²) in [5.41, 5.74) is 1.27. The van der Waals surface area contributed by atoms with E-state index in [1.807, 2.05) is 17.8 Å². The van der Waals surface area contributed by atoms with E-state index in [2.05, 4.69) is 78.4 Å². The summed E-state index contributed by atoms with van der Waals surface area (Å²) in [4.78, 5) is 8.21. The fourth-order valence-corrected chi connectivity index (χ4v) is 3.05. The van der Waals surface area contributed by atoms with Crippen molar-refractivity contribution in [2.75, 3.05) is 25.9 Å². The summed E-state index contributed by atoms with van der Waals surface area (Å²) in [6, 6.07) is 14.7. The molecule has 0 fully saturated rings. The lowest BCUT2D eigenvalue weighted by Gasteiger charge is -2.22. The second-order valence-electron chi connectivity index (χ2n) is 5.36. The number of nitrogens with one attached hydrogen (secondary N) is 1. The molecule has 1 heterocycles. The molecule has 24 heavy (non-hydrogen) atoms. The van der Waals surface area contributed by atoms with Gasteiger partial charge in [0.05, 0.1) is 13.1 Å². The molecule has 0 saturated heterocycles. The van der Waals surface area contributed by atoms with E-state index in [1.165, 1.54) is 10.6 Å². The number of aliphatic imine (C=N–C) groups is 1. The monoisotopic (exact) mass is 458 g/mol. The molecule has 0 bridgehead atoms. The first-order valence-corrected chi connectivity index (χ1v) is 8.96. The fourth-order valence-electron chi connectivity index (χ4n) is 2.28. The second kappa shape index (κ2) is 11.4. The van der Waals surface area contributed by atoms with Crippen LogP contribution in [0.2, 0.25) is 0 Å². The van der Waals surface area contributed by atoms with Crippen LogP contribution in [0.3, 0.4) is 0 Å². The van der Waals surface area contributed by atoms with Crippen molar-refractivity contribution in [1.29, 1.82) is 0 Å². The lowest BCUT2D eigenvalue weighted by molar-refractivity contribution is 0.462. The van der Waals surface area contributed by atoms with Crippen molar-refractivity contribution in [2.24, 2.45) is 12.0 Å². The zero-order valence-corrected chi connectivity index (χ0v) is 17.8. The molecule has 0 saturated carbocycles. The number of hydrogen-bond acceptors (Lipinski definition) is 2. The Hall–Kier alpha value is -1.15. The van der Waals surface area contributed by atoms with Crippen LogP contribution in [0.1, 0.15) is 12.6 Å². The standard InChI is InChI=1S/C18H26N4S.HI/c1-4-19-18(22(3)15-16-9-8-13-21(16)2)20-12-14-23-17-10-6-5-7-11-17;/h5-11,13H,4,12,14-15H2,1-3H3,(H,19,20);1H. The molecule has 0 radical (unpaired) electrons. The summed E-state index contributed by atoms with van der Waals surface area (Å²) < 4.78 is 2.14. The van der Waals surface area contributed by atoms with Gasteiger partial charge in [0.1, 0.15) is 0 Å². The number of rotatable bonds is 7. The minimum Gasteiger partial charge on any atom is -0.357 e. The number of benzene rings is 1. The number of aryl methyl sites for hydroxylation is 1. The van der Waals surface area contributed by atoms with E-state index in [1.54, 1.807) is 0 Å². The Bertz CT molecular complexity index is 612. The topological polar surface area (TPSA) is 32.6 Å². The molecule has 2 aromatic rings. The number of thioether (sulfide) groups is 1. The van der Waals surface area contributed by atoms with Crippen LogP contribution in [0, 0.1) is 0 Å². The molecule has 132 valence electrons. The molecule has 1 aromatic heterocycles. The third kappa shape index (κ3) is 6.76. The van der Waals surface area contributed by atoms with E-state index in [9.17, 15) is 0 Å². The van der Waals surface area contributed by atoms with Gasteiger partial charge in [0.25, 0.3) is 0 Å². The molecule has 4 nitrogen and oxygen atoms in total. The lowest BCUT2D eigenvalue weighted by atomic mass is 10.4. The maximum absolute atomic E-state index is 4.74. The van der Waals surface area contributed by atoms with Gasteiger partial charge in [-0.1, -0.05) is 18.2 Å².